The summed E-state index contributed by atoms with van der Waals surface area (Å²) in [5.74, 6) is 3.09. The van der Waals surface area contributed by atoms with E-state index < -0.39 is 12.5 Å². The Bertz CT molecular complexity index is 1880. The second kappa shape index (κ2) is 12.9. The predicted octanol–water partition coefficient (Wildman–Crippen LogP) is 4.65. The van der Waals surface area contributed by atoms with Crippen molar-refractivity contribution < 1.29 is 13.5 Å². The number of ether oxygens (including phenoxy) is 1. The van der Waals surface area contributed by atoms with Crippen LogP contribution in [0.1, 0.15) is 39.2 Å². The number of nitrogens with zero attached hydrogens (tertiary/aromatic N) is 6. The summed E-state index contributed by atoms with van der Waals surface area (Å²) in [5, 5.41) is 15.2. The SMILES string of the molecule is COc1ccc(CCn2c(-c3nnc[nH]3)nc3cc(NC(=N[C@H]4C[C@H]5C[C@@H]([C@@H]4C)C5(C)C)N4CCN[C@@H](CF)C4)ccc3c2=O)c(F)c1. The number of aromatic amines is 1. The van der Waals surface area contributed by atoms with Gasteiger partial charge in [0.1, 0.15) is 24.6 Å². The highest BCUT2D eigenvalue weighted by Gasteiger charge is 2.56. The van der Waals surface area contributed by atoms with Crippen LogP contribution in [0.25, 0.3) is 22.6 Å². The van der Waals surface area contributed by atoms with Crippen molar-refractivity contribution in [3.05, 3.63) is 64.5 Å². The van der Waals surface area contributed by atoms with Gasteiger partial charge in [0.15, 0.2) is 17.6 Å². The minimum absolute atomic E-state index is 0.169. The van der Waals surface area contributed by atoms with Gasteiger partial charge in [-0.25, -0.2) is 18.8 Å². The number of H-pyrrole nitrogens is 1. The second-order valence-electron chi connectivity index (χ2n) is 14.0. The van der Waals surface area contributed by atoms with Crippen molar-refractivity contribution in [1.82, 2.24) is 34.9 Å². The molecule has 0 radical (unpaired) electrons. The number of hydrogen-bond acceptors (Lipinski definition) is 7. The standard InChI is InChI=1S/C35H43F2N9O2/c1-20-27-13-22(35(27,2)3)14-29(20)43-34(45-12-10-38-24(17-36)18-45)41-23-6-8-26-30(15-23)42-32(31-39-19-40-44-31)46(33(26)47)11-9-21-5-7-25(48-4)16-28(21)37/h5-8,15-16,19-20,22,24,27,29,38H,9-14,17-18H2,1-4H3,(H,41,43)(H,39,40,44)/t20-,22+,24-,27-,29-/m0/s1. The third kappa shape index (κ3) is 5.93. The van der Waals surface area contributed by atoms with Crippen molar-refractivity contribution >= 4 is 22.5 Å². The summed E-state index contributed by atoms with van der Waals surface area (Å²) in [5.41, 5.74) is 1.71. The number of benzene rings is 2. The van der Waals surface area contributed by atoms with Crippen molar-refractivity contribution in [1.29, 1.82) is 0 Å². The first kappa shape index (κ1) is 32.2. The van der Waals surface area contributed by atoms with Gasteiger partial charge in [-0.1, -0.05) is 26.8 Å². The molecule has 2 aromatic carbocycles. The molecule has 48 heavy (non-hydrogen) atoms. The van der Waals surface area contributed by atoms with E-state index in [2.05, 4.69) is 51.5 Å². The Kier molecular flexibility index (Phi) is 8.65. The molecule has 11 nitrogen and oxygen atoms in total. The van der Waals surface area contributed by atoms with Gasteiger partial charge in [0, 0.05) is 37.9 Å². The maximum Gasteiger partial charge on any atom is 0.261 e. The Labute approximate surface area is 278 Å². The van der Waals surface area contributed by atoms with Crippen molar-refractivity contribution in [2.24, 2.45) is 28.2 Å². The molecule has 3 N–H and O–H groups in total. The van der Waals surface area contributed by atoms with E-state index in [1.165, 1.54) is 30.5 Å². The summed E-state index contributed by atoms with van der Waals surface area (Å²) in [6, 6.07) is 10.0. The van der Waals surface area contributed by atoms with Crippen LogP contribution in [-0.2, 0) is 13.0 Å². The lowest BCUT2D eigenvalue weighted by atomic mass is 9.45. The first-order chi connectivity index (χ1) is 23.2. The van der Waals surface area contributed by atoms with Crippen LogP contribution in [0.4, 0.5) is 14.5 Å². The Balaban J connectivity index is 1.22. The smallest absolute Gasteiger partial charge is 0.261 e. The molecule has 4 aromatic rings. The van der Waals surface area contributed by atoms with Gasteiger partial charge in [0.25, 0.3) is 5.56 Å². The van der Waals surface area contributed by atoms with Crippen LogP contribution in [0.3, 0.4) is 0 Å². The highest BCUT2D eigenvalue weighted by Crippen LogP contribution is 2.61. The zero-order chi connectivity index (χ0) is 33.6. The molecule has 13 heteroatoms. The molecular weight excluding hydrogens is 616 g/mol. The van der Waals surface area contributed by atoms with E-state index in [-0.39, 0.29) is 30.6 Å². The van der Waals surface area contributed by atoms with Crippen molar-refractivity contribution in [3.63, 3.8) is 0 Å². The molecule has 3 aliphatic carbocycles. The summed E-state index contributed by atoms with van der Waals surface area (Å²) in [4.78, 5) is 29.2. The van der Waals surface area contributed by atoms with Crippen LogP contribution in [0.15, 0.2) is 52.5 Å². The minimum atomic E-state index is -0.455. The molecule has 8 rings (SSSR count). The number of fused-ring (bicyclic) bond motifs is 3. The van der Waals surface area contributed by atoms with E-state index >= 15 is 0 Å². The molecule has 0 unspecified atom stereocenters. The van der Waals surface area contributed by atoms with Crippen LogP contribution < -0.4 is 20.9 Å². The number of anilines is 1. The summed E-state index contributed by atoms with van der Waals surface area (Å²) in [7, 11) is 1.49. The average Bonchev–Trinajstić information content (AvgIpc) is 3.63. The monoisotopic (exact) mass is 659 g/mol. The number of rotatable bonds is 8. The minimum Gasteiger partial charge on any atom is -0.497 e. The summed E-state index contributed by atoms with van der Waals surface area (Å²) >= 11 is 0. The van der Waals surface area contributed by atoms with Gasteiger partial charge in [0.2, 0.25) is 0 Å². The van der Waals surface area contributed by atoms with Crippen molar-refractivity contribution in [2.75, 3.05) is 38.7 Å². The van der Waals surface area contributed by atoms with E-state index in [0.29, 0.717) is 76.7 Å². The van der Waals surface area contributed by atoms with E-state index in [1.54, 1.807) is 18.2 Å². The molecule has 1 aliphatic heterocycles. The zero-order valence-corrected chi connectivity index (χ0v) is 27.8. The molecule has 0 spiro atoms. The van der Waals surface area contributed by atoms with Gasteiger partial charge in [-0.05, 0) is 72.3 Å². The third-order valence-electron chi connectivity index (χ3n) is 11.0. The largest absolute Gasteiger partial charge is 0.497 e. The van der Waals surface area contributed by atoms with Crippen LogP contribution in [0.2, 0.25) is 0 Å². The molecule has 4 aliphatic rings. The molecule has 0 amide bonds. The topological polar surface area (TPSA) is 125 Å². The van der Waals surface area contributed by atoms with Crippen molar-refractivity contribution in [3.8, 4) is 17.4 Å². The first-order valence-corrected chi connectivity index (χ1v) is 16.8. The maximum atomic E-state index is 14.8. The quantitative estimate of drug-likeness (QED) is 0.185. The Hall–Kier alpha value is -4.39. The highest BCUT2D eigenvalue weighted by molar-refractivity contribution is 5.96. The Morgan fingerprint density at radius 2 is 2.06 bits per heavy atom. The highest BCUT2D eigenvalue weighted by atomic mass is 19.1. The fraction of sp³-hybridized carbons (Fsp3) is 0.514. The second-order valence-corrected chi connectivity index (χ2v) is 14.0. The molecule has 1 saturated heterocycles. The number of hydrogen-bond donors (Lipinski definition) is 3. The van der Waals surface area contributed by atoms with Gasteiger partial charge < -0.3 is 25.3 Å². The molecule has 254 valence electrons. The lowest BCUT2D eigenvalue weighted by Crippen LogP contribution is -2.58. The zero-order valence-electron chi connectivity index (χ0n) is 27.8. The lowest BCUT2D eigenvalue weighted by molar-refractivity contribution is -0.108. The fourth-order valence-corrected chi connectivity index (χ4v) is 7.99. The number of aromatic nitrogens is 5. The van der Waals surface area contributed by atoms with Crippen LogP contribution in [0.5, 0.6) is 5.75 Å². The Morgan fingerprint density at radius 3 is 2.77 bits per heavy atom. The molecule has 4 fully saturated rings. The lowest BCUT2D eigenvalue weighted by Gasteiger charge is -2.61. The normalized spacial score (nSPS) is 25.2. The average molecular weight is 660 g/mol. The number of aryl methyl sites for hydroxylation is 1. The predicted molar refractivity (Wildman–Crippen MR) is 181 cm³/mol. The van der Waals surface area contributed by atoms with Crippen LogP contribution in [-0.4, -0.2) is 81.1 Å². The molecule has 5 atom stereocenters. The van der Waals surface area contributed by atoms with Gasteiger partial charge in [-0.3, -0.25) is 9.36 Å². The number of aliphatic imine (C=N–C) groups is 1. The summed E-state index contributed by atoms with van der Waals surface area (Å²) < 4.78 is 35.2. The number of guanidine groups is 1. The van der Waals surface area contributed by atoms with E-state index in [0.717, 1.165) is 18.1 Å². The Morgan fingerprint density at radius 1 is 1.21 bits per heavy atom. The number of halogens is 2. The summed E-state index contributed by atoms with van der Waals surface area (Å²) in [6.07, 6.45) is 3.98. The van der Waals surface area contributed by atoms with Crippen LogP contribution >= 0.6 is 0 Å². The molecule has 3 saturated carbocycles. The van der Waals surface area contributed by atoms with E-state index in [4.69, 9.17) is 14.7 Å². The fourth-order valence-electron chi connectivity index (χ4n) is 7.99. The first-order valence-electron chi connectivity index (χ1n) is 16.8. The number of nitrogens with one attached hydrogen (secondary N) is 3. The number of methoxy groups -OCH3 is 1. The van der Waals surface area contributed by atoms with Crippen LogP contribution in [0, 0.1) is 29.0 Å². The number of piperazine rings is 1. The summed E-state index contributed by atoms with van der Waals surface area (Å²) in [6.45, 7) is 8.65. The molecule has 3 heterocycles. The molecular formula is C35H43F2N9O2. The molecule has 2 bridgehead atoms. The third-order valence-corrected chi connectivity index (χ3v) is 11.0. The van der Waals surface area contributed by atoms with Gasteiger partial charge >= 0.3 is 0 Å². The molecule has 2 aromatic heterocycles. The van der Waals surface area contributed by atoms with Gasteiger partial charge in [-0.2, -0.15) is 0 Å². The number of alkyl halides is 1. The van der Waals surface area contributed by atoms with E-state index in [9.17, 15) is 13.6 Å². The van der Waals surface area contributed by atoms with E-state index in [1.807, 2.05) is 12.1 Å². The van der Waals surface area contributed by atoms with Gasteiger partial charge in [-0.15, -0.1) is 10.2 Å². The van der Waals surface area contributed by atoms with Crippen molar-refractivity contribution in [2.45, 2.75) is 58.7 Å². The van der Waals surface area contributed by atoms with Gasteiger partial charge in [0.05, 0.1) is 30.1 Å². The maximum absolute atomic E-state index is 14.8.